The molecule has 1 atom stereocenters. The number of primary amides is 1. The van der Waals surface area contributed by atoms with Crippen LogP contribution in [0.4, 0.5) is 9.18 Å². The molecule has 0 saturated heterocycles. The molecule has 28 heavy (non-hydrogen) atoms. The second-order valence-electron chi connectivity index (χ2n) is 6.05. The van der Waals surface area contributed by atoms with Crippen LogP contribution in [-0.2, 0) is 27.2 Å². The Morgan fingerprint density at radius 3 is 2.39 bits per heavy atom. The average molecular weight is 387 g/mol. The Morgan fingerprint density at radius 1 is 1.04 bits per heavy atom. The monoisotopic (exact) mass is 387 g/mol. The van der Waals surface area contributed by atoms with Crippen LogP contribution < -0.4 is 16.4 Å². The number of urea groups is 1. The van der Waals surface area contributed by atoms with E-state index in [1.54, 1.807) is 42.5 Å². The Balaban J connectivity index is 1.79. The van der Waals surface area contributed by atoms with Crippen molar-refractivity contribution in [2.75, 3.05) is 13.2 Å². The van der Waals surface area contributed by atoms with Crippen LogP contribution in [0.15, 0.2) is 54.6 Å². The first-order valence-corrected chi connectivity index (χ1v) is 8.72. The van der Waals surface area contributed by atoms with Gasteiger partial charge in [0.05, 0.1) is 0 Å². The fourth-order valence-electron chi connectivity index (χ4n) is 2.54. The zero-order chi connectivity index (χ0) is 20.4. The summed E-state index contributed by atoms with van der Waals surface area (Å²) in [5.41, 5.74) is 6.38. The van der Waals surface area contributed by atoms with E-state index in [2.05, 4.69) is 10.6 Å². The maximum absolute atomic E-state index is 13.5. The van der Waals surface area contributed by atoms with Gasteiger partial charge in [-0.3, -0.25) is 4.79 Å². The molecule has 8 heteroatoms. The molecule has 2 aromatic carbocycles. The predicted octanol–water partition coefficient (Wildman–Crippen LogP) is 1.31. The van der Waals surface area contributed by atoms with Crippen molar-refractivity contribution in [3.63, 3.8) is 0 Å². The maximum atomic E-state index is 13.5. The molecule has 2 rings (SSSR count). The van der Waals surface area contributed by atoms with E-state index in [4.69, 9.17) is 10.5 Å². The zero-order valence-corrected chi connectivity index (χ0v) is 15.2. The number of hydrogen-bond acceptors (Lipinski definition) is 4. The van der Waals surface area contributed by atoms with Crippen molar-refractivity contribution in [1.82, 2.24) is 10.6 Å². The molecule has 0 spiro atoms. The number of benzene rings is 2. The summed E-state index contributed by atoms with van der Waals surface area (Å²) < 4.78 is 18.5. The molecule has 0 aliphatic carbocycles. The summed E-state index contributed by atoms with van der Waals surface area (Å²) in [7, 11) is 0. The molecule has 0 heterocycles. The van der Waals surface area contributed by atoms with E-state index in [9.17, 15) is 18.8 Å². The summed E-state index contributed by atoms with van der Waals surface area (Å²) in [6, 6.07) is 13.4. The Kier molecular flexibility index (Phi) is 7.95. The summed E-state index contributed by atoms with van der Waals surface area (Å²) in [5, 5.41) is 4.86. The minimum atomic E-state index is -1.01. The number of nitrogens with two attached hydrogens (primary N) is 1. The van der Waals surface area contributed by atoms with Crippen LogP contribution in [0.1, 0.15) is 11.1 Å². The van der Waals surface area contributed by atoms with Gasteiger partial charge in [-0.15, -0.1) is 0 Å². The van der Waals surface area contributed by atoms with E-state index in [1.165, 1.54) is 6.07 Å². The highest BCUT2D eigenvalue weighted by Gasteiger charge is 2.22. The molecule has 0 saturated carbocycles. The lowest BCUT2D eigenvalue weighted by atomic mass is 10.1. The molecule has 0 radical (unpaired) electrons. The molecule has 0 fully saturated rings. The van der Waals surface area contributed by atoms with Gasteiger partial charge in [-0.1, -0.05) is 48.5 Å². The topological polar surface area (TPSA) is 111 Å². The molecule has 2 aromatic rings. The number of ether oxygens (including phenoxy) is 1. The van der Waals surface area contributed by atoms with Crippen LogP contribution in [0.3, 0.4) is 0 Å². The van der Waals surface area contributed by atoms with E-state index in [0.717, 1.165) is 5.56 Å². The second-order valence-corrected chi connectivity index (χ2v) is 6.05. The lowest BCUT2D eigenvalue weighted by Gasteiger charge is -2.16. The van der Waals surface area contributed by atoms with Gasteiger partial charge in [0.15, 0.2) is 6.61 Å². The van der Waals surface area contributed by atoms with Crippen LogP contribution in [0.2, 0.25) is 0 Å². The first-order valence-electron chi connectivity index (χ1n) is 8.72. The number of halogens is 1. The second kappa shape index (κ2) is 10.7. The largest absolute Gasteiger partial charge is 0.454 e. The molecular formula is C20H22FN3O4. The number of esters is 1. The number of hydrogen-bond donors (Lipinski definition) is 3. The van der Waals surface area contributed by atoms with E-state index in [0.29, 0.717) is 12.0 Å². The molecule has 0 aliphatic rings. The third-order valence-electron chi connectivity index (χ3n) is 3.90. The van der Waals surface area contributed by atoms with Crippen molar-refractivity contribution in [2.24, 2.45) is 5.73 Å². The summed E-state index contributed by atoms with van der Waals surface area (Å²) >= 11 is 0. The van der Waals surface area contributed by atoms with Gasteiger partial charge < -0.3 is 21.1 Å². The van der Waals surface area contributed by atoms with Crippen LogP contribution in [0.5, 0.6) is 0 Å². The third kappa shape index (κ3) is 7.06. The minimum Gasteiger partial charge on any atom is -0.454 e. The van der Waals surface area contributed by atoms with E-state index >= 15 is 0 Å². The van der Waals surface area contributed by atoms with Gasteiger partial charge >= 0.3 is 12.0 Å². The molecule has 0 aromatic heterocycles. The number of nitrogens with one attached hydrogen (secondary N) is 2. The van der Waals surface area contributed by atoms with E-state index < -0.39 is 30.6 Å². The van der Waals surface area contributed by atoms with Gasteiger partial charge in [-0.05, 0) is 23.6 Å². The van der Waals surface area contributed by atoms with Crippen molar-refractivity contribution < 1.29 is 23.5 Å². The van der Waals surface area contributed by atoms with Crippen molar-refractivity contribution in [3.8, 4) is 0 Å². The van der Waals surface area contributed by atoms with Crippen LogP contribution in [-0.4, -0.2) is 37.1 Å². The summed E-state index contributed by atoms with van der Waals surface area (Å²) in [6.07, 6.45) is 0.490. The minimum absolute atomic E-state index is 0.178. The first kappa shape index (κ1) is 20.9. The summed E-state index contributed by atoms with van der Waals surface area (Å²) in [6.45, 7) is -0.313. The Bertz CT molecular complexity index is 814. The highest BCUT2D eigenvalue weighted by Crippen LogP contribution is 2.06. The van der Waals surface area contributed by atoms with Crippen LogP contribution in [0.25, 0.3) is 0 Å². The Morgan fingerprint density at radius 2 is 1.71 bits per heavy atom. The van der Waals surface area contributed by atoms with Crippen LogP contribution in [0, 0.1) is 5.82 Å². The molecule has 4 N–H and O–H groups in total. The molecule has 0 aliphatic heterocycles. The van der Waals surface area contributed by atoms with Gasteiger partial charge in [0, 0.05) is 13.0 Å². The number of rotatable bonds is 9. The predicted molar refractivity (Wildman–Crippen MR) is 101 cm³/mol. The van der Waals surface area contributed by atoms with Crippen molar-refractivity contribution in [2.45, 2.75) is 18.9 Å². The number of amides is 3. The van der Waals surface area contributed by atoms with E-state index in [-0.39, 0.29) is 18.8 Å². The standard InChI is InChI=1S/C20H22FN3O4/c21-16-9-5-4-8-15(16)10-11-23-18(25)13-28-19(26)17(24-20(22)27)12-14-6-2-1-3-7-14/h1-9,17H,10-13H2,(H,23,25)(H3,22,24,27)/t17-/m0/s1. The number of carbonyl (C=O) groups excluding carboxylic acids is 3. The summed E-state index contributed by atoms with van der Waals surface area (Å²) in [4.78, 5) is 35.2. The molecule has 3 amide bonds. The van der Waals surface area contributed by atoms with Crippen molar-refractivity contribution in [3.05, 3.63) is 71.5 Å². The normalized spacial score (nSPS) is 11.3. The highest BCUT2D eigenvalue weighted by atomic mass is 19.1. The van der Waals surface area contributed by atoms with Crippen molar-refractivity contribution >= 4 is 17.9 Å². The molecule has 0 unspecified atom stereocenters. The van der Waals surface area contributed by atoms with E-state index in [1.807, 2.05) is 6.07 Å². The summed E-state index contributed by atoms with van der Waals surface area (Å²) in [5.74, 6) is -1.64. The molecule has 148 valence electrons. The molecular weight excluding hydrogens is 365 g/mol. The third-order valence-corrected chi connectivity index (χ3v) is 3.90. The Labute approximate surface area is 162 Å². The SMILES string of the molecule is NC(=O)N[C@@H](Cc1ccccc1)C(=O)OCC(=O)NCCc1ccccc1F. The maximum Gasteiger partial charge on any atom is 0.329 e. The van der Waals surface area contributed by atoms with Gasteiger partial charge in [-0.25, -0.2) is 14.0 Å². The fraction of sp³-hybridized carbons (Fsp3) is 0.250. The van der Waals surface area contributed by atoms with Gasteiger partial charge in [0.2, 0.25) is 0 Å². The number of carbonyl (C=O) groups is 3. The van der Waals surface area contributed by atoms with Gasteiger partial charge in [-0.2, -0.15) is 0 Å². The van der Waals surface area contributed by atoms with Gasteiger partial charge in [0.1, 0.15) is 11.9 Å². The molecule has 0 bridgehead atoms. The first-order chi connectivity index (χ1) is 13.5. The smallest absolute Gasteiger partial charge is 0.329 e. The van der Waals surface area contributed by atoms with Crippen molar-refractivity contribution in [1.29, 1.82) is 0 Å². The van der Waals surface area contributed by atoms with Crippen LogP contribution >= 0.6 is 0 Å². The quantitative estimate of drug-likeness (QED) is 0.563. The zero-order valence-electron chi connectivity index (χ0n) is 15.2. The highest BCUT2D eigenvalue weighted by molar-refractivity contribution is 5.85. The van der Waals surface area contributed by atoms with Gasteiger partial charge in [0.25, 0.3) is 5.91 Å². The molecule has 7 nitrogen and oxygen atoms in total. The average Bonchev–Trinajstić information content (AvgIpc) is 2.67. The Hall–Kier alpha value is -3.42. The fourth-order valence-corrected chi connectivity index (χ4v) is 2.54. The lowest BCUT2D eigenvalue weighted by molar-refractivity contribution is -0.150. The lowest BCUT2D eigenvalue weighted by Crippen LogP contribution is -2.46.